The molecule has 10 heteroatoms. The highest BCUT2D eigenvalue weighted by molar-refractivity contribution is 5.95. The first kappa shape index (κ1) is 29.5. The van der Waals surface area contributed by atoms with Crippen LogP contribution in [0.4, 0.5) is 13.6 Å². The van der Waals surface area contributed by atoms with E-state index in [0.29, 0.717) is 0 Å². The molecule has 0 bridgehead atoms. The molecule has 4 rings (SSSR count). The van der Waals surface area contributed by atoms with E-state index in [0.717, 1.165) is 24.5 Å². The molecule has 1 heterocycles. The fraction of sp³-hybridized carbons (Fsp3) is 0.355. The van der Waals surface area contributed by atoms with Crippen molar-refractivity contribution in [2.75, 3.05) is 6.61 Å². The maximum Gasteiger partial charge on any atom is 0.407 e. The number of amides is 1. The van der Waals surface area contributed by atoms with Gasteiger partial charge in [0.25, 0.3) is 0 Å². The number of nitrogens with one attached hydrogen (secondary N) is 1. The van der Waals surface area contributed by atoms with E-state index in [9.17, 15) is 23.6 Å². The number of carbonyl (C=O) groups is 3. The van der Waals surface area contributed by atoms with Gasteiger partial charge in [0.15, 0.2) is 11.6 Å². The van der Waals surface area contributed by atoms with Crippen LogP contribution in [0.5, 0.6) is 0 Å². The number of alkyl carbamates (subject to hydrolysis) is 1. The largest absolute Gasteiger partial charge is 0.462 e. The molecule has 0 aliphatic heterocycles. The fourth-order valence-electron chi connectivity index (χ4n) is 4.37. The number of pyridine rings is 1. The van der Waals surface area contributed by atoms with Gasteiger partial charge in [0.05, 0.1) is 23.1 Å². The fourth-order valence-corrected chi connectivity index (χ4v) is 4.37. The number of hydrogen-bond acceptors (Lipinski definition) is 6. The molecular formula is C31H30F2N2O6. The number of hydrogen-bond donors (Lipinski definition) is 1. The summed E-state index contributed by atoms with van der Waals surface area (Å²) in [5.41, 5.74) is -0.481. The monoisotopic (exact) mass is 564 g/mol. The minimum atomic E-state index is -1.28. The van der Waals surface area contributed by atoms with Crippen molar-refractivity contribution in [3.8, 4) is 11.8 Å². The van der Waals surface area contributed by atoms with Crippen molar-refractivity contribution in [3.63, 3.8) is 0 Å². The third-order valence-corrected chi connectivity index (χ3v) is 6.58. The van der Waals surface area contributed by atoms with Crippen molar-refractivity contribution in [1.82, 2.24) is 9.88 Å². The van der Waals surface area contributed by atoms with E-state index >= 15 is 4.39 Å². The van der Waals surface area contributed by atoms with E-state index in [1.54, 1.807) is 23.6 Å². The van der Waals surface area contributed by atoms with E-state index in [-0.39, 0.29) is 66.3 Å². The number of benzene rings is 2. The van der Waals surface area contributed by atoms with E-state index in [1.165, 1.54) is 13.1 Å². The summed E-state index contributed by atoms with van der Waals surface area (Å²) in [6.45, 7) is 3.12. The molecule has 41 heavy (non-hydrogen) atoms. The first-order valence-corrected chi connectivity index (χ1v) is 13.4. The van der Waals surface area contributed by atoms with Crippen molar-refractivity contribution in [2.24, 2.45) is 0 Å². The molecule has 1 amide bonds. The summed E-state index contributed by atoms with van der Waals surface area (Å²) in [7, 11) is 0. The minimum absolute atomic E-state index is 0.000264. The molecule has 1 aliphatic rings. The summed E-state index contributed by atoms with van der Waals surface area (Å²) in [4.78, 5) is 49.6. The Balaban J connectivity index is 1.64. The highest BCUT2D eigenvalue weighted by Crippen LogP contribution is 2.38. The summed E-state index contributed by atoms with van der Waals surface area (Å²) in [5.74, 6) is 2.00. The molecule has 0 radical (unpaired) electrons. The first-order chi connectivity index (χ1) is 19.7. The van der Waals surface area contributed by atoms with Gasteiger partial charge in [-0.15, -0.1) is 0 Å². The number of ether oxygens (including phenoxy) is 2. The van der Waals surface area contributed by atoms with Crippen LogP contribution < -0.4 is 10.7 Å². The van der Waals surface area contributed by atoms with Crippen LogP contribution in [-0.4, -0.2) is 35.1 Å². The normalized spacial score (nSPS) is 13.2. The summed E-state index contributed by atoms with van der Waals surface area (Å²) in [5, 5.41) is 2.50. The summed E-state index contributed by atoms with van der Waals surface area (Å²) < 4.78 is 41.7. The number of rotatable bonds is 10. The maximum atomic E-state index is 15.1. The van der Waals surface area contributed by atoms with Crippen LogP contribution in [-0.2, 0) is 20.9 Å². The summed E-state index contributed by atoms with van der Waals surface area (Å²) in [6, 6.07) is 9.14. The molecule has 1 fully saturated rings. The highest BCUT2D eigenvalue weighted by Gasteiger charge is 2.30. The standard InChI is InChI=1S/C31H30F2N2O6/c1-3-40-30(38)25-17-35(22-14-15-22)28-23(27(33)26(32)16-24(28)29(25)37)11-7-10-21(13-12-19(2)36)34-31(39)41-18-20-8-5-4-6-9-20/h4-6,8-9,16-17,21-22H,3,10,12-15,18H2,1-2H3,(H,34,39)/t21-/m1/s1. The average Bonchev–Trinajstić information content (AvgIpc) is 3.79. The Bertz CT molecular complexity index is 1590. The lowest BCUT2D eigenvalue weighted by molar-refractivity contribution is -0.117. The van der Waals surface area contributed by atoms with Crippen LogP contribution in [0.2, 0.25) is 0 Å². The number of aromatic nitrogens is 1. The quantitative estimate of drug-likeness (QED) is 0.268. The zero-order valence-electron chi connectivity index (χ0n) is 22.8. The molecular weight excluding hydrogens is 534 g/mol. The van der Waals surface area contributed by atoms with Crippen LogP contribution in [0.1, 0.15) is 73.5 Å². The number of esters is 1. The van der Waals surface area contributed by atoms with Crippen molar-refractivity contribution >= 4 is 28.7 Å². The molecule has 3 aromatic rings. The van der Waals surface area contributed by atoms with Crippen LogP contribution in [0.15, 0.2) is 47.4 Å². The second-order valence-electron chi connectivity index (χ2n) is 9.82. The Kier molecular flexibility index (Phi) is 9.50. The van der Waals surface area contributed by atoms with Gasteiger partial charge in [-0.3, -0.25) is 4.79 Å². The lowest BCUT2D eigenvalue weighted by Gasteiger charge is -2.16. The predicted octanol–water partition coefficient (Wildman–Crippen LogP) is 5.20. The second kappa shape index (κ2) is 13.2. The predicted molar refractivity (Wildman–Crippen MR) is 147 cm³/mol. The minimum Gasteiger partial charge on any atom is -0.462 e. The van der Waals surface area contributed by atoms with Crippen molar-refractivity contribution in [3.05, 3.63) is 81.1 Å². The Morgan fingerprint density at radius 1 is 1.15 bits per heavy atom. The summed E-state index contributed by atoms with van der Waals surface area (Å²) in [6.07, 6.45) is 2.50. The number of carbonyl (C=O) groups excluding carboxylic acids is 3. The van der Waals surface area contributed by atoms with Crippen molar-refractivity contribution in [2.45, 2.75) is 64.6 Å². The molecule has 0 spiro atoms. The molecule has 0 saturated heterocycles. The third kappa shape index (κ3) is 7.37. The topological polar surface area (TPSA) is 104 Å². The van der Waals surface area contributed by atoms with Gasteiger partial charge in [0, 0.05) is 31.1 Å². The van der Waals surface area contributed by atoms with Gasteiger partial charge in [-0.2, -0.15) is 0 Å². The maximum absolute atomic E-state index is 15.1. The van der Waals surface area contributed by atoms with Gasteiger partial charge in [-0.25, -0.2) is 18.4 Å². The zero-order valence-corrected chi connectivity index (χ0v) is 22.8. The van der Waals surface area contributed by atoms with Gasteiger partial charge >= 0.3 is 12.1 Å². The van der Waals surface area contributed by atoms with E-state index in [1.807, 2.05) is 18.2 Å². The average molecular weight is 565 g/mol. The lowest BCUT2D eigenvalue weighted by Crippen LogP contribution is -2.35. The van der Waals surface area contributed by atoms with Gasteiger partial charge in [-0.1, -0.05) is 42.2 Å². The molecule has 8 nitrogen and oxygen atoms in total. The number of ketones is 1. The number of fused-ring (bicyclic) bond motifs is 1. The molecule has 1 N–H and O–H groups in total. The van der Waals surface area contributed by atoms with Crippen LogP contribution in [0.25, 0.3) is 10.9 Å². The molecule has 1 aromatic heterocycles. The van der Waals surface area contributed by atoms with Crippen LogP contribution >= 0.6 is 0 Å². The van der Waals surface area contributed by atoms with Crippen molar-refractivity contribution < 1.29 is 32.6 Å². The molecule has 1 saturated carbocycles. The smallest absolute Gasteiger partial charge is 0.407 e. The Morgan fingerprint density at radius 2 is 1.88 bits per heavy atom. The second-order valence-corrected chi connectivity index (χ2v) is 9.82. The van der Waals surface area contributed by atoms with E-state index in [4.69, 9.17) is 9.47 Å². The molecule has 214 valence electrons. The summed E-state index contributed by atoms with van der Waals surface area (Å²) >= 11 is 0. The highest BCUT2D eigenvalue weighted by atomic mass is 19.2. The molecule has 0 unspecified atom stereocenters. The van der Waals surface area contributed by atoms with Crippen LogP contribution in [0.3, 0.4) is 0 Å². The number of halogens is 2. The molecule has 1 aliphatic carbocycles. The van der Waals surface area contributed by atoms with Gasteiger partial charge in [0.2, 0.25) is 5.43 Å². The number of nitrogens with zero attached hydrogens (tertiary/aromatic N) is 1. The SMILES string of the molecule is CCOC(=O)c1cn(C2CC2)c2c(C#CC[C@H](CCC(C)=O)NC(=O)OCc3ccccc3)c(F)c(F)cc2c1=O. The lowest BCUT2D eigenvalue weighted by atomic mass is 10.0. The van der Waals surface area contributed by atoms with Crippen molar-refractivity contribution in [1.29, 1.82) is 0 Å². The first-order valence-electron chi connectivity index (χ1n) is 13.4. The van der Waals surface area contributed by atoms with Gasteiger partial charge in [-0.05, 0) is 44.7 Å². The van der Waals surface area contributed by atoms with E-state index < -0.39 is 35.2 Å². The number of Topliss-reactive ketones (excluding diaryl/α,β-unsaturated/α-hetero) is 1. The molecule has 1 atom stereocenters. The third-order valence-electron chi connectivity index (χ3n) is 6.58. The van der Waals surface area contributed by atoms with Crippen LogP contribution in [0, 0.1) is 23.5 Å². The van der Waals surface area contributed by atoms with Gasteiger partial charge < -0.3 is 24.2 Å². The van der Waals surface area contributed by atoms with E-state index in [2.05, 4.69) is 17.2 Å². The van der Waals surface area contributed by atoms with Gasteiger partial charge in [0.1, 0.15) is 18.0 Å². The molecule has 2 aromatic carbocycles. The Hall–Kier alpha value is -4.52. The zero-order chi connectivity index (χ0) is 29.5. The Labute approximate surface area is 235 Å². The Morgan fingerprint density at radius 3 is 2.54 bits per heavy atom.